The van der Waals surface area contributed by atoms with Gasteiger partial charge in [-0.1, -0.05) is 18.9 Å². The number of imidazole rings is 1. The number of rotatable bonds is 7. The van der Waals surface area contributed by atoms with Gasteiger partial charge in [0.05, 0.1) is 18.5 Å². The van der Waals surface area contributed by atoms with Gasteiger partial charge in [0, 0.05) is 23.8 Å². The average Bonchev–Trinajstić information content (AvgIpc) is 3.51. The first kappa shape index (κ1) is 28.0. The monoisotopic (exact) mass is 535 g/mol. The van der Waals surface area contributed by atoms with Gasteiger partial charge in [0.2, 0.25) is 5.95 Å². The molecule has 2 aliphatic carbocycles. The number of aromatic nitrogens is 4. The third-order valence-electron chi connectivity index (χ3n) is 6.88. The summed E-state index contributed by atoms with van der Waals surface area (Å²) in [5, 5.41) is 6.92. The molecule has 196 valence electrons. The molecule has 0 atom stereocenters. The number of ether oxygens (including phenoxy) is 1. The van der Waals surface area contributed by atoms with Crippen molar-refractivity contribution in [1.82, 2.24) is 19.5 Å². The lowest BCUT2D eigenvalue weighted by atomic mass is 9.92. The van der Waals surface area contributed by atoms with Gasteiger partial charge >= 0.3 is 5.97 Å². The van der Waals surface area contributed by atoms with Gasteiger partial charge < -0.3 is 25.7 Å². The molecular formula is C25H35Cl2N7O2. The molecule has 0 unspecified atom stereocenters. The maximum absolute atomic E-state index is 12.2. The second-order valence-electron chi connectivity index (χ2n) is 9.34. The van der Waals surface area contributed by atoms with Crippen LogP contribution in [-0.2, 0) is 4.74 Å². The molecule has 0 saturated heterocycles. The zero-order chi connectivity index (χ0) is 23.5. The standard InChI is InChI=1S/C25H33N7O2.2ClH/c1-2-34-24(33)16-6-5-7-19(14-16)28-22-21-23(32(15-27-21)20-8-3-4-9-20)31-25(30-22)29-18-12-10-17(26)11-13-18;;/h5-7,14-15,17-18,20H,2-4,8-13,26H2,1H3,(H2,28,29,30,31);2*1H/t17-,18-;;. The summed E-state index contributed by atoms with van der Waals surface area (Å²) in [6.07, 6.45) is 10.7. The van der Waals surface area contributed by atoms with Crippen molar-refractivity contribution in [2.24, 2.45) is 5.73 Å². The summed E-state index contributed by atoms with van der Waals surface area (Å²) in [5.74, 6) is 0.872. The fraction of sp³-hybridized carbons (Fsp3) is 0.520. The van der Waals surface area contributed by atoms with Crippen LogP contribution in [0.1, 0.15) is 74.7 Å². The quantitative estimate of drug-likeness (QED) is 0.344. The first-order valence-electron chi connectivity index (χ1n) is 12.4. The lowest BCUT2D eigenvalue weighted by molar-refractivity contribution is 0.0526. The Kier molecular flexibility index (Phi) is 9.76. The highest BCUT2D eigenvalue weighted by Crippen LogP contribution is 2.34. The lowest BCUT2D eigenvalue weighted by Gasteiger charge is -2.27. The highest BCUT2D eigenvalue weighted by atomic mass is 35.5. The van der Waals surface area contributed by atoms with Crippen LogP contribution < -0.4 is 16.4 Å². The molecule has 2 fully saturated rings. The molecule has 0 aliphatic heterocycles. The molecule has 3 aromatic rings. The van der Waals surface area contributed by atoms with E-state index in [0.29, 0.717) is 36.0 Å². The van der Waals surface area contributed by atoms with Crippen molar-refractivity contribution in [3.05, 3.63) is 36.2 Å². The Morgan fingerprint density at radius 1 is 1.11 bits per heavy atom. The molecule has 4 N–H and O–H groups in total. The summed E-state index contributed by atoms with van der Waals surface area (Å²) in [5.41, 5.74) is 8.89. The summed E-state index contributed by atoms with van der Waals surface area (Å²) in [7, 11) is 0. The predicted octanol–water partition coefficient (Wildman–Crippen LogP) is 5.39. The third kappa shape index (κ3) is 6.19. The summed E-state index contributed by atoms with van der Waals surface area (Å²) < 4.78 is 7.35. The molecule has 0 radical (unpaired) electrons. The van der Waals surface area contributed by atoms with E-state index < -0.39 is 0 Å². The molecule has 0 spiro atoms. The summed E-state index contributed by atoms with van der Waals surface area (Å²) in [6.45, 7) is 2.13. The number of hydrogen-bond donors (Lipinski definition) is 3. The van der Waals surface area contributed by atoms with Crippen molar-refractivity contribution < 1.29 is 9.53 Å². The largest absolute Gasteiger partial charge is 0.462 e. The van der Waals surface area contributed by atoms with Crippen molar-refractivity contribution in [3.8, 4) is 0 Å². The normalized spacial score (nSPS) is 19.8. The van der Waals surface area contributed by atoms with Crippen LogP contribution in [-0.4, -0.2) is 44.2 Å². The van der Waals surface area contributed by atoms with Gasteiger partial charge in [-0.15, -0.1) is 24.8 Å². The molecule has 9 nitrogen and oxygen atoms in total. The molecule has 1 aromatic carbocycles. The van der Waals surface area contributed by atoms with E-state index in [1.165, 1.54) is 12.8 Å². The zero-order valence-electron chi connectivity index (χ0n) is 20.5. The molecule has 0 amide bonds. The van der Waals surface area contributed by atoms with Crippen molar-refractivity contribution in [2.75, 3.05) is 17.2 Å². The van der Waals surface area contributed by atoms with E-state index >= 15 is 0 Å². The van der Waals surface area contributed by atoms with E-state index in [-0.39, 0.29) is 36.8 Å². The number of halogens is 2. The highest BCUT2D eigenvalue weighted by molar-refractivity contribution is 5.92. The van der Waals surface area contributed by atoms with Gasteiger partial charge in [-0.3, -0.25) is 0 Å². The van der Waals surface area contributed by atoms with E-state index in [9.17, 15) is 4.79 Å². The number of nitrogens with two attached hydrogens (primary N) is 1. The minimum absolute atomic E-state index is 0. The maximum Gasteiger partial charge on any atom is 0.338 e. The fourth-order valence-corrected chi connectivity index (χ4v) is 5.04. The minimum atomic E-state index is -0.345. The van der Waals surface area contributed by atoms with Crippen LogP contribution in [0, 0.1) is 0 Å². The molecule has 2 aromatic heterocycles. The summed E-state index contributed by atoms with van der Waals surface area (Å²) in [4.78, 5) is 26.6. The van der Waals surface area contributed by atoms with Gasteiger partial charge in [0.15, 0.2) is 17.0 Å². The van der Waals surface area contributed by atoms with Crippen molar-refractivity contribution in [3.63, 3.8) is 0 Å². The fourth-order valence-electron chi connectivity index (χ4n) is 5.04. The average molecular weight is 537 g/mol. The number of nitrogens with one attached hydrogen (secondary N) is 2. The number of fused-ring (bicyclic) bond motifs is 1. The minimum Gasteiger partial charge on any atom is -0.462 e. The number of benzene rings is 1. The Bertz CT molecular complexity index is 1160. The van der Waals surface area contributed by atoms with Gasteiger partial charge in [0.1, 0.15) is 0 Å². The van der Waals surface area contributed by atoms with E-state index in [1.54, 1.807) is 19.1 Å². The van der Waals surface area contributed by atoms with E-state index in [4.69, 9.17) is 20.4 Å². The molecule has 2 saturated carbocycles. The van der Waals surface area contributed by atoms with Crippen molar-refractivity contribution >= 4 is 59.4 Å². The summed E-state index contributed by atoms with van der Waals surface area (Å²) >= 11 is 0. The number of carbonyl (C=O) groups is 1. The number of anilines is 3. The van der Waals surface area contributed by atoms with E-state index in [0.717, 1.165) is 55.4 Å². The molecule has 2 heterocycles. The SMILES string of the molecule is CCOC(=O)c1cccc(Nc2nc(N[C@H]3CC[C@H](N)CC3)nc3c2ncn3C2CCCC2)c1.Cl.Cl. The van der Waals surface area contributed by atoms with Gasteiger partial charge in [-0.2, -0.15) is 9.97 Å². The molecular weight excluding hydrogens is 501 g/mol. The second kappa shape index (κ2) is 12.6. The van der Waals surface area contributed by atoms with Crippen molar-refractivity contribution in [2.45, 2.75) is 76.4 Å². The van der Waals surface area contributed by atoms with Crippen LogP contribution in [0.3, 0.4) is 0 Å². The predicted molar refractivity (Wildman–Crippen MR) is 147 cm³/mol. The van der Waals surface area contributed by atoms with E-state index in [1.807, 2.05) is 18.5 Å². The Balaban J connectivity index is 0.00000180. The summed E-state index contributed by atoms with van der Waals surface area (Å²) in [6, 6.07) is 8.26. The van der Waals surface area contributed by atoms with Crippen LogP contribution in [0.2, 0.25) is 0 Å². The van der Waals surface area contributed by atoms with Gasteiger partial charge in [0.25, 0.3) is 0 Å². The molecule has 0 bridgehead atoms. The smallest absolute Gasteiger partial charge is 0.338 e. The topological polar surface area (TPSA) is 120 Å². The number of hydrogen-bond acceptors (Lipinski definition) is 8. The maximum atomic E-state index is 12.2. The van der Waals surface area contributed by atoms with Crippen LogP contribution in [0.4, 0.5) is 17.5 Å². The van der Waals surface area contributed by atoms with Crippen LogP contribution in [0.25, 0.3) is 11.2 Å². The molecule has 11 heteroatoms. The van der Waals surface area contributed by atoms with Gasteiger partial charge in [-0.25, -0.2) is 9.78 Å². The number of carbonyl (C=O) groups excluding carboxylic acids is 1. The molecule has 36 heavy (non-hydrogen) atoms. The first-order valence-corrected chi connectivity index (χ1v) is 12.4. The number of nitrogens with zero attached hydrogens (tertiary/aromatic N) is 4. The Morgan fingerprint density at radius 3 is 2.58 bits per heavy atom. The van der Waals surface area contributed by atoms with E-state index in [2.05, 4.69) is 20.2 Å². The zero-order valence-corrected chi connectivity index (χ0v) is 22.1. The Morgan fingerprint density at radius 2 is 1.86 bits per heavy atom. The highest BCUT2D eigenvalue weighted by Gasteiger charge is 2.24. The van der Waals surface area contributed by atoms with Gasteiger partial charge in [-0.05, 0) is 63.6 Å². The Labute approximate surface area is 223 Å². The van der Waals surface area contributed by atoms with Crippen LogP contribution in [0.15, 0.2) is 30.6 Å². The third-order valence-corrected chi connectivity index (χ3v) is 6.88. The van der Waals surface area contributed by atoms with Crippen molar-refractivity contribution in [1.29, 1.82) is 0 Å². The molecule has 5 rings (SSSR count). The first-order chi connectivity index (χ1) is 16.6. The molecule has 2 aliphatic rings. The number of esters is 1. The Hall–Kier alpha value is -2.62. The van der Waals surface area contributed by atoms with Crippen LogP contribution >= 0.6 is 24.8 Å². The lowest BCUT2D eigenvalue weighted by Crippen LogP contribution is -2.33. The second-order valence-corrected chi connectivity index (χ2v) is 9.34. The van der Waals surface area contributed by atoms with Crippen LogP contribution in [0.5, 0.6) is 0 Å².